The molecule has 0 bridgehead atoms. The van der Waals surface area contributed by atoms with Gasteiger partial charge in [0.2, 0.25) is 0 Å². The van der Waals surface area contributed by atoms with Crippen LogP contribution in [-0.4, -0.2) is 18.0 Å². The monoisotopic (exact) mass is 325 g/mol. The molecule has 0 heterocycles. The first-order valence-electron chi connectivity index (χ1n) is 7.42. The van der Waals surface area contributed by atoms with Crippen LogP contribution in [0.5, 0.6) is 0 Å². The van der Waals surface area contributed by atoms with Crippen LogP contribution in [0.1, 0.15) is 51.5 Å². The summed E-state index contributed by atoms with van der Waals surface area (Å²) in [6, 6.07) is 7.87. The lowest BCUT2D eigenvalue weighted by Gasteiger charge is -2.16. The molecule has 2 atom stereocenters. The Labute approximate surface area is 137 Å². The van der Waals surface area contributed by atoms with Crippen molar-refractivity contribution < 1.29 is 14.3 Å². The van der Waals surface area contributed by atoms with Gasteiger partial charge in [0.15, 0.2) is 0 Å². The first kappa shape index (κ1) is 18.5. The largest absolute Gasteiger partial charge is 0.444 e. The predicted octanol–water partition coefficient (Wildman–Crippen LogP) is 4.30. The maximum Gasteiger partial charge on any atom is 0.405 e. The third-order valence-electron chi connectivity index (χ3n) is 3.45. The standard InChI is InChI=1S/C12H13ClO.C5H11NO2/c13-11-6-4-9(5-7-11)12-3-1-2-10(12)8-14;1-5(2,3)8-4(6)7/h4-8,10,12H,1-3H2;1-3H3,(H2,6,7)/t10-,12?;/m0./s1. The fraction of sp³-hybridized carbons (Fsp3) is 0.529. The SMILES string of the molecule is CC(C)(C)OC(N)=O.O=C[C@@H]1CCCC1c1ccc(Cl)cc1. The summed E-state index contributed by atoms with van der Waals surface area (Å²) in [5.41, 5.74) is 5.52. The fourth-order valence-corrected chi connectivity index (χ4v) is 2.70. The first-order valence-corrected chi connectivity index (χ1v) is 7.80. The van der Waals surface area contributed by atoms with E-state index < -0.39 is 11.7 Å². The molecule has 22 heavy (non-hydrogen) atoms. The van der Waals surface area contributed by atoms with Crippen molar-refractivity contribution in [2.24, 2.45) is 11.7 Å². The smallest absolute Gasteiger partial charge is 0.405 e. The number of ether oxygens (including phenoxy) is 1. The Kier molecular flexibility index (Phi) is 6.88. The lowest BCUT2D eigenvalue weighted by Crippen LogP contribution is -2.27. The minimum Gasteiger partial charge on any atom is -0.444 e. The van der Waals surface area contributed by atoms with Gasteiger partial charge in [-0.25, -0.2) is 4.79 Å². The molecule has 1 aliphatic rings. The summed E-state index contributed by atoms with van der Waals surface area (Å²) in [4.78, 5) is 20.8. The fourth-order valence-electron chi connectivity index (χ4n) is 2.58. The molecule has 0 aliphatic heterocycles. The van der Waals surface area contributed by atoms with Gasteiger partial charge in [0.25, 0.3) is 0 Å². The second-order valence-electron chi connectivity index (χ2n) is 6.42. The summed E-state index contributed by atoms with van der Waals surface area (Å²) in [7, 11) is 0. The predicted molar refractivity (Wildman–Crippen MR) is 88.0 cm³/mol. The summed E-state index contributed by atoms with van der Waals surface area (Å²) in [6.45, 7) is 5.28. The van der Waals surface area contributed by atoms with Crippen molar-refractivity contribution in [3.8, 4) is 0 Å². The van der Waals surface area contributed by atoms with Gasteiger partial charge in [-0.15, -0.1) is 0 Å². The van der Waals surface area contributed by atoms with Crippen LogP contribution >= 0.6 is 11.6 Å². The minimum absolute atomic E-state index is 0.219. The van der Waals surface area contributed by atoms with E-state index in [0.717, 1.165) is 30.6 Å². The molecule has 2 rings (SSSR count). The lowest BCUT2D eigenvalue weighted by molar-refractivity contribution is -0.111. The van der Waals surface area contributed by atoms with Crippen molar-refractivity contribution >= 4 is 24.0 Å². The zero-order chi connectivity index (χ0) is 16.8. The molecule has 0 saturated heterocycles. The van der Waals surface area contributed by atoms with Gasteiger partial charge in [0.1, 0.15) is 11.9 Å². The van der Waals surface area contributed by atoms with Crippen molar-refractivity contribution in [1.82, 2.24) is 0 Å². The van der Waals surface area contributed by atoms with E-state index in [2.05, 4.69) is 4.74 Å². The number of halogens is 1. The van der Waals surface area contributed by atoms with E-state index in [1.807, 2.05) is 24.3 Å². The third kappa shape index (κ3) is 6.48. The van der Waals surface area contributed by atoms with Crippen LogP contribution in [0.2, 0.25) is 5.02 Å². The molecular weight excluding hydrogens is 302 g/mol. The number of carbonyl (C=O) groups excluding carboxylic acids is 2. The second-order valence-corrected chi connectivity index (χ2v) is 6.86. The van der Waals surface area contributed by atoms with Crippen LogP contribution in [-0.2, 0) is 9.53 Å². The van der Waals surface area contributed by atoms with E-state index in [4.69, 9.17) is 17.3 Å². The van der Waals surface area contributed by atoms with Gasteiger partial charge in [-0.3, -0.25) is 0 Å². The van der Waals surface area contributed by atoms with Crippen LogP contribution in [0.4, 0.5) is 4.79 Å². The van der Waals surface area contributed by atoms with E-state index in [9.17, 15) is 9.59 Å². The van der Waals surface area contributed by atoms with E-state index in [1.165, 1.54) is 5.56 Å². The first-order chi connectivity index (χ1) is 10.2. The van der Waals surface area contributed by atoms with Gasteiger partial charge in [-0.2, -0.15) is 0 Å². The number of rotatable bonds is 2. The molecule has 2 N–H and O–H groups in total. The normalized spacial score (nSPS) is 20.7. The number of carbonyl (C=O) groups is 2. The molecule has 1 aromatic rings. The molecular formula is C17H24ClNO3. The Hall–Kier alpha value is -1.55. The second kappa shape index (κ2) is 8.18. The Morgan fingerprint density at radius 2 is 1.86 bits per heavy atom. The van der Waals surface area contributed by atoms with Gasteiger partial charge < -0.3 is 15.3 Å². The maximum absolute atomic E-state index is 10.8. The average Bonchev–Trinajstić information content (AvgIpc) is 2.85. The molecule has 1 saturated carbocycles. The molecule has 122 valence electrons. The number of amides is 1. The van der Waals surface area contributed by atoms with Crippen molar-refractivity contribution in [2.75, 3.05) is 0 Å². The minimum atomic E-state index is -0.725. The van der Waals surface area contributed by atoms with Crippen LogP contribution in [0, 0.1) is 5.92 Å². The molecule has 0 spiro atoms. The van der Waals surface area contributed by atoms with Crippen molar-refractivity contribution in [3.05, 3.63) is 34.9 Å². The molecule has 1 fully saturated rings. The van der Waals surface area contributed by atoms with Crippen molar-refractivity contribution in [2.45, 2.75) is 51.6 Å². The Morgan fingerprint density at radius 3 is 2.27 bits per heavy atom. The van der Waals surface area contributed by atoms with E-state index in [0.29, 0.717) is 5.92 Å². The third-order valence-corrected chi connectivity index (χ3v) is 3.70. The number of primary amides is 1. The number of hydrogen-bond donors (Lipinski definition) is 1. The Bertz CT molecular complexity index is 494. The molecule has 5 heteroatoms. The van der Waals surface area contributed by atoms with Crippen LogP contribution < -0.4 is 5.73 Å². The Morgan fingerprint density at radius 1 is 1.27 bits per heavy atom. The zero-order valence-electron chi connectivity index (χ0n) is 13.3. The number of aldehydes is 1. The van der Waals surface area contributed by atoms with Gasteiger partial charge >= 0.3 is 6.09 Å². The summed E-state index contributed by atoms with van der Waals surface area (Å²) >= 11 is 5.82. The highest BCUT2D eigenvalue weighted by Crippen LogP contribution is 2.38. The van der Waals surface area contributed by atoms with Crippen LogP contribution in [0.25, 0.3) is 0 Å². The topological polar surface area (TPSA) is 69.4 Å². The van der Waals surface area contributed by atoms with Gasteiger partial charge in [0.05, 0.1) is 0 Å². The van der Waals surface area contributed by atoms with E-state index >= 15 is 0 Å². The molecule has 0 radical (unpaired) electrons. The summed E-state index contributed by atoms with van der Waals surface area (Å²) in [5, 5.41) is 0.759. The highest BCUT2D eigenvalue weighted by molar-refractivity contribution is 6.30. The van der Waals surface area contributed by atoms with E-state index in [1.54, 1.807) is 20.8 Å². The number of benzene rings is 1. The highest BCUT2D eigenvalue weighted by atomic mass is 35.5. The van der Waals surface area contributed by atoms with Gasteiger partial charge in [0, 0.05) is 10.9 Å². The molecule has 1 aliphatic carbocycles. The van der Waals surface area contributed by atoms with E-state index in [-0.39, 0.29) is 5.92 Å². The summed E-state index contributed by atoms with van der Waals surface area (Å²) < 4.78 is 4.58. The van der Waals surface area contributed by atoms with Gasteiger partial charge in [-0.1, -0.05) is 30.2 Å². The number of nitrogens with two attached hydrogens (primary N) is 1. The molecule has 1 amide bonds. The molecule has 1 aromatic carbocycles. The quantitative estimate of drug-likeness (QED) is 0.824. The lowest BCUT2D eigenvalue weighted by atomic mass is 9.90. The molecule has 4 nitrogen and oxygen atoms in total. The van der Waals surface area contributed by atoms with Gasteiger partial charge in [-0.05, 0) is 57.2 Å². The molecule has 0 aromatic heterocycles. The highest BCUT2D eigenvalue weighted by Gasteiger charge is 2.27. The summed E-state index contributed by atoms with van der Waals surface area (Å²) in [5.74, 6) is 0.640. The summed E-state index contributed by atoms with van der Waals surface area (Å²) in [6.07, 6.45) is 3.71. The zero-order valence-corrected chi connectivity index (χ0v) is 14.1. The van der Waals surface area contributed by atoms with Crippen molar-refractivity contribution in [3.63, 3.8) is 0 Å². The Balaban J connectivity index is 0.000000261. The molecule has 1 unspecified atom stereocenters. The van der Waals surface area contributed by atoms with Crippen molar-refractivity contribution in [1.29, 1.82) is 0 Å². The van der Waals surface area contributed by atoms with Crippen LogP contribution in [0.15, 0.2) is 24.3 Å². The number of hydrogen-bond acceptors (Lipinski definition) is 3. The average molecular weight is 326 g/mol. The maximum atomic E-state index is 10.8. The van der Waals surface area contributed by atoms with Crippen LogP contribution in [0.3, 0.4) is 0 Å².